The van der Waals surface area contributed by atoms with Crippen molar-refractivity contribution in [2.24, 2.45) is 17.8 Å². The molecule has 2 aliphatic rings. The van der Waals surface area contributed by atoms with Gasteiger partial charge in [-0.1, -0.05) is 11.8 Å². The number of nitrogens with two attached hydrogens (primary N) is 1. The molecule has 0 bridgehead atoms. The molecule has 1 aromatic rings. The first-order valence-corrected chi connectivity index (χ1v) is 12.5. The molecule has 12 heteroatoms. The topological polar surface area (TPSA) is 159 Å². The fraction of sp³-hybridized carbons (Fsp3) is 0.783. The number of thioether (sulfide) groups is 1. The van der Waals surface area contributed by atoms with Crippen LogP contribution in [0.3, 0.4) is 0 Å². The molecule has 2 fully saturated rings. The van der Waals surface area contributed by atoms with Crippen LogP contribution < -0.4 is 11.1 Å². The summed E-state index contributed by atoms with van der Waals surface area (Å²) in [6.45, 7) is 15.8. The summed E-state index contributed by atoms with van der Waals surface area (Å²) < 4.78 is 16.9. The molecule has 0 radical (unpaired) electrons. The molecule has 196 valence electrons. The van der Waals surface area contributed by atoms with E-state index < -0.39 is 52.2 Å². The molecule has 0 aromatic carbocycles. The lowest BCUT2D eigenvalue weighted by atomic mass is 9.89. The number of hydrogen-bond donors (Lipinski definition) is 3. The highest BCUT2D eigenvalue weighted by molar-refractivity contribution is 7.99. The van der Waals surface area contributed by atoms with Crippen LogP contribution in [0.4, 0.5) is 10.7 Å². The molecule has 35 heavy (non-hydrogen) atoms. The average Bonchev–Trinajstić information content (AvgIpc) is 3.13. The molecular formula is C23H37N5O6S. The predicted molar refractivity (Wildman–Crippen MR) is 129 cm³/mol. The van der Waals surface area contributed by atoms with Crippen molar-refractivity contribution in [1.82, 2.24) is 20.5 Å². The number of anilines is 1. The molecule has 5 atom stereocenters. The van der Waals surface area contributed by atoms with Gasteiger partial charge < -0.3 is 25.3 Å². The maximum Gasteiger partial charge on any atom is 0.408 e. The molecule has 2 aliphatic carbocycles. The first kappa shape index (κ1) is 27.1. The third-order valence-corrected chi connectivity index (χ3v) is 6.68. The van der Waals surface area contributed by atoms with Crippen LogP contribution in [-0.4, -0.2) is 60.8 Å². The summed E-state index contributed by atoms with van der Waals surface area (Å²) in [4.78, 5) is 43.9. The molecule has 1 aromatic heterocycles. The molecule has 2 saturated carbocycles. The van der Waals surface area contributed by atoms with Crippen LogP contribution in [0.2, 0.25) is 0 Å². The number of aromatic amines is 1. The van der Waals surface area contributed by atoms with Gasteiger partial charge in [-0.3, -0.25) is 4.79 Å². The van der Waals surface area contributed by atoms with Gasteiger partial charge in [0.1, 0.15) is 22.3 Å². The number of hydrogen-bond acceptors (Lipinski definition) is 10. The number of carbonyl (C=O) groups excluding carboxylic acids is 3. The maximum absolute atomic E-state index is 13.7. The Labute approximate surface area is 210 Å². The third-order valence-electron chi connectivity index (χ3n) is 5.50. The van der Waals surface area contributed by atoms with Crippen LogP contribution in [-0.2, 0) is 23.8 Å². The Morgan fingerprint density at radius 3 is 2.06 bits per heavy atom. The standard InChI is InChI=1S/C23H37N5O6S/c1-20(2,3)32-15(29)13-12-11(35-18-25-17(24)27-28-18)10-23(14(12)13,16(30)33-21(4,5)6)26-19(31)34-22(7,8)9/h11-14H,10H2,1-9H3,(H,26,31)(H3,24,25,27,28). The summed E-state index contributed by atoms with van der Waals surface area (Å²) in [7, 11) is 0. The third kappa shape index (κ3) is 6.39. The van der Waals surface area contributed by atoms with Gasteiger partial charge >= 0.3 is 18.0 Å². The van der Waals surface area contributed by atoms with E-state index in [4.69, 9.17) is 19.9 Å². The van der Waals surface area contributed by atoms with Crippen LogP contribution in [0.1, 0.15) is 68.7 Å². The van der Waals surface area contributed by atoms with Gasteiger partial charge in [0.2, 0.25) is 11.1 Å². The van der Waals surface area contributed by atoms with Crippen LogP contribution in [0, 0.1) is 17.8 Å². The number of ether oxygens (including phenoxy) is 3. The zero-order valence-corrected chi connectivity index (χ0v) is 22.7. The van der Waals surface area contributed by atoms with Gasteiger partial charge in [0.15, 0.2) is 0 Å². The first-order chi connectivity index (χ1) is 15.8. The van der Waals surface area contributed by atoms with Gasteiger partial charge in [-0.25, -0.2) is 14.7 Å². The monoisotopic (exact) mass is 511 g/mol. The lowest BCUT2D eigenvalue weighted by Crippen LogP contribution is -2.59. The van der Waals surface area contributed by atoms with Gasteiger partial charge in [-0.15, -0.1) is 5.10 Å². The first-order valence-electron chi connectivity index (χ1n) is 11.6. The van der Waals surface area contributed by atoms with Gasteiger partial charge in [0, 0.05) is 11.2 Å². The highest BCUT2D eigenvalue weighted by Gasteiger charge is 2.77. The number of nitrogen functional groups attached to an aromatic ring is 1. The molecular weight excluding hydrogens is 474 g/mol. The van der Waals surface area contributed by atoms with Crippen LogP contribution in [0.15, 0.2) is 5.16 Å². The van der Waals surface area contributed by atoms with Crippen molar-refractivity contribution in [2.45, 2.75) is 101 Å². The van der Waals surface area contributed by atoms with E-state index in [0.29, 0.717) is 5.16 Å². The van der Waals surface area contributed by atoms with E-state index in [-0.39, 0.29) is 23.5 Å². The number of fused-ring (bicyclic) bond motifs is 1. The van der Waals surface area contributed by atoms with Gasteiger partial charge in [-0.05, 0) is 74.7 Å². The fourth-order valence-corrected chi connectivity index (χ4v) is 5.88. The minimum absolute atomic E-state index is 0.159. The zero-order chi connectivity index (χ0) is 26.6. The predicted octanol–water partition coefficient (Wildman–Crippen LogP) is 3.06. The quantitative estimate of drug-likeness (QED) is 0.396. The van der Waals surface area contributed by atoms with Crippen molar-refractivity contribution in [3.05, 3.63) is 0 Å². The molecule has 5 unspecified atom stereocenters. The van der Waals surface area contributed by atoms with E-state index in [0.717, 1.165) is 0 Å². The van der Waals surface area contributed by atoms with E-state index >= 15 is 0 Å². The highest BCUT2D eigenvalue weighted by Crippen LogP contribution is 2.66. The van der Waals surface area contributed by atoms with Crippen molar-refractivity contribution in [3.8, 4) is 0 Å². The molecule has 0 aliphatic heterocycles. The average molecular weight is 512 g/mol. The second-order valence-electron chi connectivity index (χ2n) is 12.1. The van der Waals surface area contributed by atoms with Crippen LogP contribution >= 0.6 is 11.8 Å². The number of amides is 1. The summed E-state index contributed by atoms with van der Waals surface area (Å²) in [5.41, 5.74) is 1.89. The van der Waals surface area contributed by atoms with Gasteiger partial charge in [0.05, 0.1) is 5.92 Å². The largest absolute Gasteiger partial charge is 0.460 e. The summed E-state index contributed by atoms with van der Waals surface area (Å²) in [5.74, 6) is -2.29. The Balaban J connectivity index is 1.99. The van der Waals surface area contributed by atoms with Gasteiger partial charge in [-0.2, -0.15) is 4.98 Å². The molecule has 1 heterocycles. The normalized spacial score (nSPS) is 28.1. The second-order valence-corrected chi connectivity index (χ2v) is 13.3. The van der Waals surface area contributed by atoms with Crippen LogP contribution in [0.5, 0.6) is 0 Å². The van der Waals surface area contributed by atoms with Crippen molar-refractivity contribution in [1.29, 1.82) is 0 Å². The fourth-order valence-electron chi connectivity index (χ4n) is 4.52. The SMILES string of the molecule is CC(C)(C)OC(=O)NC1(C(=O)OC(C)(C)C)CC(Sc2n[nH]c(N)n2)C2C(C(=O)OC(C)(C)C)C21. The second kappa shape index (κ2) is 8.86. The number of carbonyl (C=O) groups is 3. The summed E-state index contributed by atoms with van der Waals surface area (Å²) in [6.07, 6.45) is -0.556. The van der Waals surface area contributed by atoms with E-state index in [1.807, 2.05) is 0 Å². The molecule has 11 nitrogen and oxygen atoms in total. The van der Waals surface area contributed by atoms with E-state index in [9.17, 15) is 14.4 Å². The Bertz CT molecular complexity index is 992. The number of aromatic nitrogens is 3. The number of rotatable bonds is 5. The number of H-pyrrole nitrogens is 1. The summed E-state index contributed by atoms with van der Waals surface area (Å²) >= 11 is 1.30. The summed E-state index contributed by atoms with van der Waals surface area (Å²) in [6, 6.07) is 0. The number of nitrogens with zero attached hydrogens (tertiary/aromatic N) is 2. The Morgan fingerprint density at radius 2 is 1.57 bits per heavy atom. The minimum atomic E-state index is -1.48. The van der Waals surface area contributed by atoms with E-state index in [1.54, 1.807) is 62.3 Å². The Kier molecular flexibility index (Phi) is 6.86. The van der Waals surface area contributed by atoms with E-state index in [2.05, 4.69) is 20.5 Å². The maximum atomic E-state index is 13.7. The molecule has 0 spiro atoms. The smallest absolute Gasteiger partial charge is 0.408 e. The molecule has 3 rings (SSSR count). The van der Waals surface area contributed by atoms with Crippen LogP contribution in [0.25, 0.3) is 0 Å². The van der Waals surface area contributed by atoms with Crippen molar-refractivity contribution < 1.29 is 28.6 Å². The van der Waals surface area contributed by atoms with Crippen molar-refractivity contribution in [3.63, 3.8) is 0 Å². The minimum Gasteiger partial charge on any atom is -0.460 e. The Hall–Kier alpha value is -2.50. The number of nitrogens with one attached hydrogen (secondary N) is 2. The Morgan fingerprint density at radius 1 is 1.00 bits per heavy atom. The molecule has 4 N–H and O–H groups in total. The number of esters is 2. The van der Waals surface area contributed by atoms with Crippen molar-refractivity contribution in [2.75, 3.05) is 5.73 Å². The van der Waals surface area contributed by atoms with Gasteiger partial charge in [0.25, 0.3) is 0 Å². The van der Waals surface area contributed by atoms with E-state index in [1.165, 1.54) is 11.8 Å². The molecule has 1 amide bonds. The highest BCUT2D eigenvalue weighted by atomic mass is 32.2. The lowest BCUT2D eigenvalue weighted by molar-refractivity contribution is -0.165. The van der Waals surface area contributed by atoms with Crippen molar-refractivity contribution >= 4 is 35.7 Å². The summed E-state index contributed by atoms with van der Waals surface area (Å²) in [5, 5.41) is 9.58. The zero-order valence-electron chi connectivity index (χ0n) is 21.8. The molecule has 0 saturated heterocycles. The lowest BCUT2D eigenvalue weighted by Gasteiger charge is -2.35. The number of alkyl carbamates (subject to hydrolysis) is 1.